The van der Waals surface area contributed by atoms with Crippen molar-refractivity contribution in [1.29, 1.82) is 0 Å². The van der Waals surface area contributed by atoms with E-state index in [2.05, 4.69) is 31.9 Å². The summed E-state index contributed by atoms with van der Waals surface area (Å²) in [4.78, 5) is 58.3. The van der Waals surface area contributed by atoms with Crippen molar-refractivity contribution in [2.24, 2.45) is 0 Å². The van der Waals surface area contributed by atoms with E-state index in [1.165, 1.54) is 9.80 Å². The van der Waals surface area contributed by atoms with Gasteiger partial charge in [-0.15, -0.1) is 0 Å². The standard InChI is InChI=1S/C33H20Br2N2O4/c1-15-14-16(2)29(37-31(39)21-9-5-7-19-25(35)13-11-23(27(19)21)33(37)41)17(3)28(15)36-30(38)20-8-4-6-18-24(34)12-10-22(26(18)20)32(36)40/h4-14H,1-3H3. The average Bonchev–Trinajstić information content (AvgIpc) is 2.95. The smallest absolute Gasteiger partial charge is 0.266 e. The van der Waals surface area contributed by atoms with Crippen molar-refractivity contribution < 1.29 is 19.2 Å². The lowest BCUT2D eigenvalue weighted by molar-refractivity contribution is 0.0879. The first-order valence-electron chi connectivity index (χ1n) is 12.9. The normalized spacial score (nSPS) is 14.6. The fourth-order valence-electron chi connectivity index (χ4n) is 6.38. The molecule has 4 amide bonds. The molecule has 200 valence electrons. The van der Waals surface area contributed by atoms with Crippen LogP contribution in [0.1, 0.15) is 58.1 Å². The second kappa shape index (κ2) is 8.93. The van der Waals surface area contributed by atoms with Gasteiger partial charge in [-0.3, -0.25) is 19.2 Å². The Labute approximate surface area is 251 Å². The van der Waals surface area contributed by atoms with Gasteiger partial charge in [0.2, 0.25) is 0 Å². The van der Waals surface area contributed by atoms with E-state index in [0.717, 1.165) is 19.7 Å². The molecule has 0 radical (unpaired) electrons. The van der Waals surface area contributed by atoms with Crippen LogP contribution in [0.3, 0.4) is 0 Å². The molecule has 5 aromatic carbocycles. The van der Waals surface area contributed by atoms with Gasteiger partial charge in [0.1, 0.15) is 0 Å². The predicted octanol–water partition coefficient (Wildman–Crippen LogP) is 8.04. The van der Waals surface area contributed by atoms with Crippen LogP contribution in [0.15, 0.2) is 75.7 Å². The Kier molecular flexibility index (Phi) is 5.62. The zero-order valence-corrected chi connectivity index (χ0v) is 25.3. The first-order valence-corrected chi connectivity index (χ1v) is 14.5. The third-order valence-corrected chi connectivity index (χ3v) is 9.43. The lowest BCUT2D eigenvalue weighted by Gasteiger charge is -2.34. The number of hydrogen-bond acceptors (Lipinski definition) is 4. The summed E-state index contributed by atoms with van der Waals surface area (Å²) in [5, 5.41) is 2.77. The van der Waals surface area contributed by atoms with Crippen LogP contribution in [0.25, 0.3) is 21.5 Å². The second-order valence-corrected chi connectivity index (χ2v) is 12.1. The number of aryl methyl sites for hydroxylation is 2. The van der Waals surface area contributed by atoms with Crippen LogP contribution < -0.4 is 9.80 Å². The number of carbonyl (C=O) groups is 4. The van der Waals surface area contributed by atoms with Gasteiger partial charge >= 0.3 is 0 Å². The van der Waals surface area contributed by atoms with Crippen LogP contribution >= 0.6 is 31.9 Å². The first-order chi connectivity index (χ1) is 19.6. The van der Waals surface area contributed by atoms with E-state index in [-0.39, 0.29) is 0 Å². The summed E-state index contributed by atoms with van der Waals surface area (Å²) in [6, 6.07) is 19.6. The molecule has 0 saturated heterocycles. The first kappa shape index (κ1) is 25.8. The lowest BCUT2D eigenvalue weighted by atomic mass is 9.90. The van der Waals surface area contributed by atoms with Crippen molar-refractivity contribution in [2.75, 3.05) is 9.80 Å². The molecule has 6 nitrogen and oxygen atoms in total. The van der Waals surface area contributed by atoms with E-state index in [1.54, 1.807) is 55.5 Å². The summed E-state index contributed by atoms with van der Waals surface area (Å²) in [7, 11) is 0. The average molecular weight is 668 g/mol. The third-order valence-electron chi connectivity index (χ3n) is 8.05. The van der Waals surface area contributed by atoms with Gasteiger partial charge in [0, 0.05) is 42.0 Å². The maximum absolute atomic E-state index is 14.0. The quantitative estimate of drug-likeness (QED) is 0.179. The highest BCUT2D eigenvalue weighted by Gasteiger charge is 2.40. The lowest BCUT2D eigenvalue weighted by Crippen LogP contribution is -2.43. The van der Waals surface area contributed by atoms with Gasteiger partial charge in [0.05, 0.1) is 11.4 Å². The van der Waals surface area contributed by atoms with Crippen LogP contribution in [-0.4, -0.2) is 23.6 Å². The largest absolute Gasteiger partial charge is 0.268 e. The summed E-state index contributed by atoms with van der Waals surface area (Å²) in [5.41, 5.74) is 4.24. The highest BCUT2D eigenvalue weighted by molar-refractivity contribution is 9.11. The highest BCUT2D eigenvalue weighted by atomic mass is 79.9. The number of anilines is 2. The van der Waals surface area contributed by atoms with Crippen LogP contribution in [0.5, 0.6) is 0 Å². The molecule has 0 spiro atoms. The zero-order chi connectivity index (χ0) is 28.9. The summed E-state index contributed by atoms with van der Waals surface area (Å²) >= 11 is 7.06. The van der Waals surface area contributed by atoms with E-state index >= 15 is 0 Å². The molecular weight excluding hydrogens is 648 g/mol. The van der Waals surface area contributed by atoms with Gasteiger partial charge in [-0.05, 0) is 84.6 Å². The maximum atomic E-state index is 14.0. The van der Waals surface area contributed by atoms with Crippen molar-refractivity contribution in [3.8, 4) is 0 Å². The van der Waals surface area contributed by atoms with E-state index in [0.29, 0.717) is 61.1 Å². The summed E-state index contributed by atoms with van der Waals surface area (Å²) in [6.45, 7) is 5.40. The summed E-state index contributed by atoms with van der Waals surface area (Å²) in [5.74, 6) is -1.82. The minimum absolute atomic E-state index is 0.367. The minimum atomic E-state index is -0.455. The summed E-state index contributed by atoms with van der Waals surface area (Å²) in [6.07, 6.45) is 0. The van der Waals surface area contributed by atoms with Crippen LogP contribution in [0.4, 0.5) is 11.4 Å². The Morgan fingerprint density at radius 2 is 0.878 bits per heavy atom. The highest BCUT2D eigenvalue weighted by Crippen LogP contribution is 2.44. The van der Waals surface area contributed by atoms with E-state index < -0.39 is 23.6 Å². The molecule has 0 aromatic heterocycles. The van der Waals surface area contributed by atoms with Crippen LogP contribution in [0, 0.1) is 20.8 Å². The fourth-order valence-corrected chi connectivity index (χ4v) is 7.31. The van der Waals surface area contributed by atoms with Gasteiger partial charge < -0.3 is 0 Å². The number of hydrogen-bond donors (Lipinski definition) is 0. The molecular formula is C33H20Br2N2O4. The van der Waals surface area contributed by atoms with E-state index in [9.17, 15) is 19.2 Å². The van der Waals surface area contributed by atoms with Crippen LogP contribution in [-0.2, 0) is 0 Å². The molecule has 0 bridgehead atoms. The van der Waals surface area contributed by atoms with Gasteiger partial charge in [0.15, 0.2) is 0 Å². The molecule has 8 heteroatoms. The SMILES string of the molecule is Cc1cc(C)c(N2C(=O)c3cccc4c(Br)ccc(c34)C2=O)c(C)c1N1C(=O)c2cccc3c(Br)ccc(c23)C1=O. The van der Waals surface area contributed by atoms with Crippen molar-refractivity contribution in [1.82, 2.24) is 0 Å². The van der Waals surface area contributed by atoms with Crippen molar-refractivity contribution in [3.63, 3.8) is 0 Å². The Morgan fingerprint density at radius 1 is 0.512 bits per heavy atom. The topological polar surface area (TPSA) is 74.8 Å². The number of halogens is 2. The molecule has 0 aliphatic carbocycles. The molecule has 5 aromatic rings. The zero-order valence-electron chi connectivity index (χ0n) is 22.1. The molecule has 7 rings (SSSR count). The number of nitrogens with zero attached hydrogens (tertiary/aromatic N) is 2. The molecule has 2 aliphatic rings. The Hall–Kier alpha value is -4.14. The predicted molar refractivity (Wildman–Crippen MR) is 166 cm³/mol. The van der Waals surface area contributed by atoms with Gasteiger partial charge in [0.25, 0.3) is 23.6 Å². The van der Waals surface area contributed by atoms with Crippen molar-refractivity contribution in [2.45, 2.75) is 20.8 Å². The van der Waals surface area contributed by atoms with Crippen molar-refractivity contribution >= 4 is 88.4 Å². The molecule has 0 fully saturated rings. The Bertz CT molecular complexity index is 1910. The van der Waals surface area contributed by atoms with Gasteiger partial charge in [-0.1, -0.05) is 62.2 Å². The molecule has 2 heterocycles. The number of benzene rings is 5. The molecule has 0 unspecified atom stereocenters. The van der Waals surface area contributed by atoms with E-state index in [4.69, 9.17) is 0 Å². The molecule has 41 heavy (non-hydrogen) atoms. The van der Waals surface area contributed by atoms with E-state index in [1.807, 2.05) is 32.0 Å². The van der Waals surface area contributed by atoms with Crippen LogP contribution in [0.2, 0.25) is 0 Å². The third kappa shape index (κ3) is 3.41. The summed E-state index contributed by atoms with van der Waals surface area (Å²) < 4.78 is 1.59. The monoisotopic (exact) mass is 666 g/mol. The molecule has 0 atom stereocenters. The second-order valence-electron chi connectivity index (χ2n) is 10.4. The Morgan fingerprint density at radius 3 is 1.27 bits per heavy atom. The fraction of sp³-hybridized carbons (Fsp3) is 0.0909. The number of imide groups is 2. The Balaban J connectivity index is 1.44. The van der Waals surface area contributed by atoms with Gasteiger partial charge in [-0.2, -0.15) is 0 Å². The maximum Gasteiger partial charge on any atom is 0.266 e. The number of amides is 4. The molecule has 0 N–H and O–H groups in total. The van der Waals surface area contributed by atoms with Crippen molar-refractivity contribution in [3.05, 3.63) is 115 Å². The molecule has 0 saturated carbocycles. The number of rotatable bonds is 2. The molecule has 2 aliphatic heterocycles. The minimum Gasteiger partial charge on any atom is -0.268 e. The number of carbonyl (C=O) groups excluding carboxylic acids is 4. The van der Waals surface area contributed by atoms with Gasteiger partial charge in [-0.25, -0.2) is 9.80 Å².